The summed E-state index contributed by atoms with van der Waals surface area (Å²) < 4.78 is 11.9. The fraction of sp³-hybridized carbons (Fsp3) is 0.636. The van der Waals surface area contributed by atoms with Crippen molar-refractivity contribution in [3.8, 4) is 0 Å². The van der Waals surface area contributed by atoms with Gasteiger partial charge in [-0.1, -0.05) is 0 Å². The van der Waals surface area contributed by atoms with Crippen molar-refractivity contribution < 1.29 is 38.9 Å². The van der Waals surface area contributed by atoms with Crippen LogP contribution in [-0.4, -0.2) is 69.5 Å². The molecule has 0 spiro atoms. The first kappa shape index (κ1) is 20.0. The van der Waals surface area contributed by atoms with E-state index in [4.69, 9.17) is 15.3 Å². The smallest absolute Gasteiger partial charge is 0.327 e. The highest BCUT2D eigenvalue weighted by Crippen LogP contribution is 2.04. The highest BCUT2D eigenvalue weighted by atomic mass is 32.2. The van der Waals surface area contributed by atoms with Crippen LogP contribution < -0.4 is 10.6 Å². The van der Waals surface area contributed by atoms with Crippen molar-refractivity contribution in [1.82, 2.24) is 10.6 Å². The van der Waals surface area contributed by atoms with Crippen LogP contribution in [0.2, 0.25) is 0 Å². The van der Waals surface area contributed by atoms with Crippen LogP contribution >= 0.6 is 11.8 Å². The zero-order valence-corrected chi connectivity index (χ0v) is 12.3. The lowest BCUT2D eigenvalue weighted by Crippen LogP contribution is -2.52. The fourth-order valence-electron chi connectivity index (χ4n) is 1.31. The van der Waals surface area contributed by atoms with Gasteiger partial charge in [-0.2, -0.15) is 11.8 Å². The molecular weight excluding hydrogens is 323 g/mol. The number of carbonyl (C=O) groups is 4. The van der Waals surface area contributed by atoms with E-state index >= 15 is 0 Å². The summed E-state index contributed by atoms with van der Waals surface area (Å²) >= 11 is 0.979. The van der Waals surface area contributed by atoms with Gasteiger partial charge in [0.1, 0.15) is 12.1 Å². The number of aliphatic carboxylic acids is 3. The Morgan fingerprint density at radius 2 is 1.55 bits per heavy atom. The molecule has 0 aromatic rings. The molecular formula is C11H17FN2O7S. The normalized spacial score (nSPS) is 13.0. The number of rotatable bonds is 11. The van der Waals surface area contributed by atoms with Crippen LogP contribution in [0.4, 0.5) is 9.18 Å². The molecule has 11 heteroatoms. The zero-order valence-electron chi connectivity index (χ0n) is 11.5. The summed E-state index contributed by atoms with van der Waals surface area (Å²) in [6.07, 6.45) is -0.807. The van der Waals surface area contributed by atoms with E-state index in [1.807, 2.05) is 10.6 Å². The van der Waals surface area contributed by atoms with E-state index in [2.05, 4.69) is 0 Å². The number of amides is 2. The summed E-state index contributed by atoms with van der Waals surface area (Å²) in [7, 11) is 0. The Labute approximate surface area is 129 Å². The number of carboxylic acids is 3. The Balaban J connectivity index is 4.47. The van der Waals surface area contributed by atoms with Gasteiger partial charge >= 0.3 is 23.9 Å². The van der Waals surface area contributed by atoms with E-state index < -0.39 is 49.1 Å². The summed E-state index contributed by atoms with van der Waals surface area (Å²) in [5.41, 5.74) is 0. The molecule has 0 saturated carbocycles. The number of nitrogens with one attached hydrogen (secondary N) is 2. The Bertz CT molecular complexity index is 421. The average Bonchev–Trinajstić information content (AvgIpc) is 2.41. The Hall–Kier alpha value is -2.04. The largest absolute Gasteiger partial charge is 0.481 e. The first-order valence-electron chi connectivity index (χ1n) is 6.16. The molecule has 0 heterocycles. The lowest BCUT2D eigenvalue weighted by molar-refractivity contribution is -0.140. The van der Waals surface area contributed by atoms with Gasteiger partial charge in [0.15, 0.2) is 0 Å². The molecule has 2 amide bonds. The molecule has 0 saturated heterocycles. The van der Waals surface area contributed by atoms with Gasteiger partial charge in [-0.25, -0.2) is 14.4 Å². The highest BCUT2D eigenvalue weighted by Gasteiger charge is 2.24. The summed E-state index contributed by atoms with van der Waals surface area (Å²) in [4.78, 5) is 43.8. The predicted molar refractivity (Wildman–Crippen MR) is 74.7 cm³/mol. The topological polar surface area (TPSA) is 153 Å². The maximum Gasteiger partial charge on any atom is 0.327 e. The molecule has 0 aromatic heterocycles. The number of alkyl halides is 1. The van der Waals surface area contributed by atoms with Crippen LogP contribution in [0.25, 0.3) is 0 Å². The number of hydrogen-bond donors (Lipinski definition) is 5. The van der Waals surface area contributed by atoms with Crippen LogP contribution in [0.3, 0.4) is 0 Å². The van der Waals surface area contributed by atoms with Gasteiger partial charge in [0.05, 0.1) is 6.67 Å². The molecule has 0 aliphatic heterocycles. The van der Waals surface area contributed by atoms with Crippen LogP contribution in [0.15, 0.2) is 0 Å². The van der Waals surface area contributed by atoms with E-state index in [9.17, 15) is 23.6 Å². The van der Waals surface area contributed by atoms with Crippen LogP contribution in [0.5, 0.6) is 0 Å². The van der Waals surface area contributed by atoms with Gasteiger partial charge in [0.2, 0.25) is 0 Å². The van der Waals surface area contributed by atoms with Gasteiger partial charge in [-0.3, -0.25) is 9.18 Å². The van der Waals surface area contributed by atoms with E-state index in [-0.39, 0.29) is 17.9 Å². The van der Waals surface area contributed by atoms with Crippen molar-refractivity contribution in [2.45, 2.75) is 24.9 Å². The minimum Gasteiger partial charge on any atom is -0.481 e. The Morgan fingerprint density at radius 3 is 2.00 bits per heavy atom. The molecule has 0 rings (SSSR count). The second-order valence-corrected chi connectivity index (χ2v) is 5.25. The van der Waals surface area contributed by atoms with E-state index in [0.717, 1.165) is 11.8 Å². The zero-order chi connectivity index (χ0) is 17.1. The average molecular weight is 340 g/mol. The van der Waals surface area contributed by atoms with Gasteiger partial charge in [-0.15, -0.1) is 0 Å². The van der Waals surface area contributed by atoms with E-state index in [1.54, 1.807) is 0 Å². The number of halogens is 1. The molecule has 0 aliphatic carbocycles. The van der Waals surface area contributed by atoms with Crippen molar-refractivity contribution in [3.63, 3.8) is 0 Å². The lowest BCUT2D eigenvalue weighted by Gasteiger charge is -2.18. The molecule has 0 aliphatic rings. The van der Waals surface area contributed by atoms with Gasteiger partial charge in [0, 0.05) is 17.9 Å². The summed E-state index contributed by atoms with van der Waals surface area (Å²) in [5, 5.41) is 30.3. The molecule has 2 atom stereocenters. The first-order valence-corrected chi connectivity index (χ1v) is 7.31. The maximum absolute atomic E-state index is 11.9. The van der Waals surface area contributed by atoms with Crippen molar-refractivity contribution >= 4 is 35.7 Å². The first-order chi connectivity index (χ1) is 10.3. The second kappa shape index (κ2) is 10.7. The number of carbonyl (C=O) groups excluding carboxylic acids is 1. The summed E-state index contributed by atoms with van der Waals surface area (Å²) in [6.45, 7) is -0.639. The quantitative estimate of drug-likeness (QED) is 0.323. The molecule has 0 aromatic carbocycles. The molecule has 9 nitrogen and oxygen atoms in total. The monoisotopic (exact) mass is 340 g/mol. The Morgan fingerprint density at radius 1 is 1.00 bits per heavy atom. The van der Waals surface area contributed by atoms with Crippen molar-refractivity contribution in [1.29, 1.82) is 0 Å². The van der Waals surface area contributed by atoms with Crippen LogP contribution in [0, 0.1) is 0 Å². The number of urea groups is 1. The van der Waals surface area contributed by atoms with E-state index in [0.29, 0.717) is 0 Å². The van der Waals surface area contributed by atoms with Crippen molar-refractivity contribution in [3.05, 3.63) is 0 Å². The molecule has 126 valence electrons. The number of thioether (sulfide) groups is 1. The van der Waals surface area contributed by atoms with Gasteiger partial charge in [-0.05, 0) is 6.42 Å². The number of carboxylic acid groups (broad SMARTS) is 3. The van der Waals surface area contributed by atoms with Crippen molar-refractivity contribution in [2.24, 2.45) is 0 Å². The molecule has 2 unspecified atom stereocenters. The fourth-order valence-corrected chi connectivity index (χ4v) is 2.05. The third kappa shape index (κ3) is 9.00. The third-order valence-corrected chi connectivity index (χ3v) is 3.37. The van der Waals surface area contributed by atoms with Crippen LogP contribution in [0.1, 0.15) is 12.8 Å². The Kier molecular flexibility index (Phi) is 9.67. The molecule has 0 radical (unpaired) electrons. The maximum atomic E-state index is 11.9. The summed E-state index contributed by atoms with van der Waals surface area (Å²) in [5.74, 6) is -4.02. The second-order valence-electron chi connectivity index (χ2n) is 4.10. The molecule has 5 N–H and O–H groups in total. The third-order valence-electron chi connectivity index (χ3n) is 2.36. The summed E-state index contributed by atoms with van der Waals surface area (Å²) in [6, 6.07) is -3.82. The van der Waals surface area contributed by atoms with E-state index in [1.165, 1.54) is 0 Å². The standard InChI is InChI=1S/C11H17FN2O7S/c12-3-4-22-5-7(10(19)20)14-11(21)13-6(9(17)18)1-2-8(15)16/h6-7H,1-5H2,(H,15,16)(H,17,18)(H,19,20)(H2,13,14,21). The minimum absolute atomic E-state index is 0.0729. The SMILES string of the molecule is O=C(O)CCC(NC(=O)NC(CSCCF)C(=O)O)C(=O)O. The lowest BCUT2D eigenvalue weighted by atomic mass is 10.1. The van der Waals surface area contributed by atoms with Crippen LogP contribution in [-0.2, 0) is 14.4 Å². The predicted octanol–water partition coefficient (Wildman–Crippen LogP) is -0.240. The molecule has 0 bridgehead atoms. The van der Waals surface area contributed by atoms with Crippen molar-refractivity contribution in [2.75, 3.05) is 18.2 Å². The number of hydrogen-bond acceptors (Lipinski definition) is 5. The van der Waals surface area contributed by atoms with Gasteiger partial charge in [0.25, 0.3) is 0 Å². The van der Waals surface area contributed by atoms with Gasteiger partial charge < -0.3 is 26.0 Å². The molecule has 22 heavy (non-hydrogen) atoms. The minimum atomic E-state index is -1.45. The molecule has 0 fully saturated rings. The highest BCUT2D eigenvalue weighted by molar-refractivity contribution is 7.99.